The Morgan fingerprint density at radius 3 is 2.62 bits per heavy atom. The van der Waals surface area contributed by atoms with Crippen LogP contribution in [0, 0.1) is 12.7 Å². The maximum atomic E-state index is 13.3. The first-order chi connectivity index (χ1) is 15.6. The highest BCUT2D eigenvalue weighted by molar-refractivity contribution is 7.99. The first-order valence-corrected chi connectivity index (χ1v) is 11.1. The Kier molecular flexibility index (Phi) is 5.36. The van der Waals surface area contributed by atoms with Crippen molar-refractivity contribution in [3.05, 3.63) is 94.5 Å². The number of para-hydroxylation sites is 1. The molecule has 32 heavy (non-hydrogen) atoms. The Hall–Kier alpha value is -3.65. The summed E-state index contributed by atoms with van der Waals surface area (Å²) in [6.45, 7) is 2.37. The molecule has 0 atom stereocenters. The van der Waals surface area contributed by atoms with Gasteiger partial charge >= 0.3 is 0 Å². The maximum absolute atomic E-state index is 13.3. The summed E-state index contributed by atoms with van der Waals surface area (Å²) < 4.78 is 22.4. The van der Waals surface area contributed by atoms with Crippen molar-refractivity contribution in [2.75, 3.05) is 12.4 Å². The minimum atomic E-state index is -0.334. The molecule has 3 aromatic carbocycles. The quantitative estimate of drug-likeness (QED) is 0.281. The smallest absolute Gasteiger partial charge is 0.267 e. The van der Waals surface area contributed by atoms with E-state index < -0.39 is 0 Å². The molecule has 0 aliphatic carbocycles. The molecule has 2 heterocycles. The molecule has 5 aromatic rings. The Balaban J connectivity index is 1.52. The molecule has 0 bridgehead atoms. The van der Waals surface area contributed by atoms with Gasteiger partial charge in [-0.3, -0.25) is 9.20 Å². The van der Waals surface area contributed by atoms with Gasteiger partial charge in [0.2, 0.25) is 5.78 Å². The van der Waals surface area contributed by atoms with Crippen molar-refractivity contribution in [3.8, 4) is 11.4 Å². The number of benzene rings is 3. The van der Waals surface area contributed by atoms with Gasteiger partial charge in [-0.2, -0.15) is 0 Å². The lowest BCUT2D eigenvalue weighted by Crippen LogP contribution is -2.21. The van der Waals surface area contributed by atoms with E-state index in [9.17, 15) is 9.18 Å². The third-order valence-corrected chi connectivity index (χ3v) is 5.96. The van der Waals surface area contributed by atoms with E-state index in [1.807, 2.05) is 59.9 Å². The molecule has 0 saturated carbocycles. The molecule has 0 aliphatic heterocycles. The predicted octanol–water partition coefficient (Wildman–Crippen LogP) is 4.65. The van der Waals surface area contributed by atoms with Gasteiger partial charge in [-0.25, -0.2) is 8.96 Å². The minimum Gasteiger partial charge on any atom is -0.493 e. The monoisotopic (exact) mass is 446 g/mol. The number of nitrogens with zero attached hydrogens (tertiary/aromatic N) is 4. The Morgan fingerprint density at radius 1 is 1.00 bits per heavy atom. The third kappa shape index (κ3) is 3.73. The molecule has 0 aliphatic rings. The van der Waals surface area contributed by atoms with Gasteiger partial charge in [0.1, 0.15) is 11.6 Å². The van der Waals surface area contributed by atoms with E-state index in [0.717, 1.165) is 16.8 Å². The topological polar surface area (TPSA) is 61.4 Å². The molecule has 0 fully saturated rings. The average Bonchev–Trinajstić information content (AvgIpc) is 3.22. The fraction of sp³-hybridized carbons (Fsp3) is 0.125. The van der Waals surface area contributed by atoms with Crippen LogP contribution in [0.15, 0.2) is 82.7 Å². The van der Waals surface area contributed by atoms with E-state index >= 15 is 0 Å². The van der Waals surface area contributed by atoms with E-state index in [1.54, 1.807) is 16.7 Å². The first kappa shape index (κ1) is 20.3. The van der Waals surface area contributed by atoms with Crippen LogP contribution in [0.4, 0.5) is 4.39 Å². The minimum absolute atomic E-state index is 0.143. The molecule has 0 saturated heterocycles. The van der Waals surface area contributed by atoms with Crippen LogP contribution < -0.4 is 10.3 Å². The largest absolute Gasteiger partial charge is 0.493 e. The van der Waals surface area contributed by atoms with Crippen LogP contribution in [0.1, 0.15) is 5.56 Å². The molecule has 0 radical (unpaired) electrons. The maximum Gasteiger partial charge on any atom is 0.267 e. The summed E-state index contributed by atoms with van der Waals surface area (Å²) in [6, 6.07) is 21.2. The highest BCUT2D eigenvalue weighted by Gasteiger charge is 2.17. The lowest BCUT2D eigenvalue weighted by molar-refractivity contribution is 0.342. The highest BCUT2D eigenvalue weighted by Crippen LogP contribution is 2.23. The van der Waals surface area contributed by atoms with Crippen LogP contribution >= 0.6 is 11.8 Å². The number of ether oxygens (including phenoxy) is 1. The van der Waals surface area contributed by atoms with Gasteiger partial charge in [0.25, 0.3) is 5.56 Å². The second kappa shape index (κ2) is 8.47. The average molecular weight is 447 g/mol. The molecule has 160 valence electrons. The van der Waals surface area contributed by atoms with E-state index in [2.05, 4.69) is 10.2 Å². The van der Waals surface area contributed by atoms with Gasteiger partial charge < -0.3 is 4.74 Å². The number of hydrogen-bond donors (Lipinski definition) is 0. The number of hydrogen-bond acceptors (Lipinski definition) is 5. The summed E-state index contributed by atoms with van der Waals surface area (Å²) in [6.07, 6.45) is 0. The Bertz CT molecular complexity index is 1480. The third-order valence-electron chi connectivity index (χ3n) is 5.07. The van der Waals surface area contributed by atoms with Crippen molar-refractivity contribution in [1.29, 1.82) is 0 Å². The number of aromatic nitrogens is 4. The predicted molar refractivity (Wildman–Crippen MR) is 123 cm³/mol. The zero-order valence-corrected chi connectivity index (χ0v) is 18.1. The molecule has 6 nitrogen and oxygen atoms in total. The summed E-state index contributed by atoms with van der Waals surface area (Å²) in [5.41, 5.74) is 2.44. The van der Waals surface area contributed by atoms with E-state index in [1.165, 1.54) is 23.9 Å². The summed E-state index contributed by atoms with van der Waals surface area (Å²) in [7, 11) is 0. The number of rotatable bonds is 6. The van der Waals surface area contributed by atoms with Crippen LogP contribution in [0.3, 0.4) is 0 Å². The van der Waals surface area contributed by atoms with Crippen LogP contribution in [0.25, 0.3) is 22.4 Å². The van der Waals surface area contributed by atoms with Gasteiger partial charge in [-0.05, 0) is 43.3 Å². The molecule has 0 unspecified atom stereocenters. The second-order valence-corrected chi connectivity index (χ2v) is 8.33. The normalized spacial score (nSPS) is 11.3. The van der Waals surface area contributed by atoms with Crippen LogP contribution in [0.5, 0.6) is 5.75 Å². The molecule has 0 spiro atoms. The summed E-state index contributed by atoms with van der Waals surface area (Å²) >= 11 is 1.46. The lowest BCUT2D eigenvalue weighted by Gasteiger charge is -2.11. The van der Waals surface area contributed by atoms with E-state index in [-0.39, 0.29) is 11.4 Å². The molecule has 0 amide bonds. The first-order valence-electron chi connectivity index (χ1n) is 10.1. The Morgan fingerprint density at radius 2 is 1.81 bits per heavy atom. The molecule has 0 N–H and O–H groups in total. The SMILES string of the molecule is Cc1ccc(-n2c(=O)c3ccccc3n3c(SCCOc4cccc(F)c4)nnc23)cc1. The fourth-order valence-corrected chi connectivity index (χ4v) is 4.30. The van der Waals surface area contributed by atoms with Gasteiger partial charge in [0.15, 0.2) is 5.16 Å². The van der Waals surface area contributed by atoms with Crippen molar-refractivity contribution in [3.63, 3.8) is 0 Å². The lowest BCUT2D eigenvalue weighted by atomic mass is 10.2. The number of aryl methyl sites for hydroxylation is 1. The molecule has 2 aromatic heterocycles. The van der Waals surface area contributed by atoms with Crippen LogP contribution in [0.2, 0.25) is 0 Å². The summed E-state index contributed by atoms with van der Waals surface area (Å²) in [5, 5.41) is 9.93. The second-order valence-electron chi connectivity index (χ2n) is 7.27. The number of thioether (sulfide) groups is 1. The van der Waals surface area contributed by atoms with Gasteiger partial charge in [0.05, 0.1) is 23.2 Å². The molecular weight excluding hydrogens is 427 g/mol. The summed E-state index contributed by atoms with van der Waals surface area (Å²) in [4.78, 5) is 13.3. The molecular formula is C24H19FN4O2S. The van der Waals surface area contributed by atoms with Crippen molar-refractivity contribution < 1.29 is 9.13 Å². The van der Waals surface area contributed by atoms with E-state index in [4.69, 9.17) is 4.74 Å². The highest BCUT2D eigenvalue weighted by atomic mass is 32.2. The molecule has 8 heteroatoms. The fourth-order valence-electron chi connectivity index (χ4n) is 3.55. The van der Waals surface area contributed by atoms with Crippen molar-refractivity contribution in [1.82, 2.24) is 19.2 Å². The number of halogens is 1. The Labute approximate surface area is 187 Å². The standard InChI is InChI=1S/C24H19FN4O2S/c1-16-9-11-18(12-10-16)28-22(30)20-7-2-3-8-21(20)29-23(28)26-27-24(29)32-14-13-31-19-6-4-5-17(25)15-19/h2-12,15H,13-14H2,1H3. The number of fused-ring (bicyclic) bond motifs is 3. The van der Waals surface area contributed by atoms with Crippen molar-refractivity contribution >= 4 is 28.4 Å². The van der Waals surface area contributed by atoms with Crippen LogP contribution in [-0.2, 0) is 0 Å². The zero-order chi connectivity index (χ0) is 22.1. The summed E-state index contributed by atoms with van der Waals surface area (Å²) in [5.74, 6) is 1.18. The van der Waals surface area contributed by atoms with Crippen molar-refractivity contribution in [2.45, 2.75) is 12.1 Å². The van der Waals surface area contributed by atoms with Gasteiger partial charge in [-0.15, -0.1) is 10.2 Å². The van der Waals surface area contributed by atoms with Crippen molar-refractivity contribution in [2.24, 2.45) is 0 Å². The van der Waals surface area contributed by atoms with Gasteiger partial charge in [0, 0.05) is 11.8 Å². The van der Waals surface area contributed by atoms with Gasteiger partial charge in [-0.1, -0.05) is 47.7 Å². The van der Waals surface area contributed by atoms with Crippen LogP contribution in [-0.4, -0.2) is 31.5 Å². The zero-order valence-electron chi connectivity index (χ0n) is 17.2. The van der Waals surface area contributed by atoms with E-state index in [0.29, 0.717) is 34.4 Å². The molecule has 5 rings (SSSR count).